The Balaban J connectivity index is 2.19. The lowest BCUT2D eigenvalue weighted by molar-refractivity contribution is -0.122. The third kappa shape index (κ3) is 3.23. The summed E-state index contributed by atoms with van der Waals surface area (Å²) in [5.41, 5.74) is 0. The van der Waals surface area contributed by atoms with E-state index in [-0.39, 0.29) is 23.9 Å². The van der Waals surface area contributed by atoms with E-state index >= 15 is 0 Å². The van der Waals surface area contributed by atoms with Crippen molar-refractivity contribution in [2.24, 2.45) is 0 Å². The molecule has 104 valence electrons. The number of carbonyl (C=O) groups excluding carboxylic acids is 1. The fourth-order valence-corrected chi connectivity index (χ4v) is 3.41. The first-order valence-corrected chi connectivity index (χ1v) is 7.49. The van der Waals surface area contributed by atoms with E-state index in [2.05, 4.69) is 10.0 Å². The SMILES string of the molecule is O=C1CCC(NS(=O)(=O)c2cccc(Cl)c2F)CN1. The maximum Gasteiger partial charge on any atom is 0.243 e. The Hall–Kier alpha value is -1.18. The molecule has 0 radical (unpaired) electrons. The average Bonchev–Trinajstić information content (AvgIpc) is 2.35. The molecule has 1 amide bonds. The van der Waals surface area contributed by atoms with Gasteiger partial charge in [-0.05, 0) is 18.6 Å². The van der Waals surface area contributed by atoms with Crippen molar-refractivity contribution in [1.29, 1.82) is 0 Å². The zero-order valence-corrected chi connectivity index (χ0v) is 11.4. The minimum Gasteiger partial charge on any atom is -0.355 e. The van der Waals surface area contributed by atoms with Crippen molar-refractivity contribution in [1.82, 2.24) is 10.0 Å². The lowest BCUT2D eigenvalue weighted by Gasteiger charge is -2.23. The van der Waals surface area contributed by atoms with Gasteiger partial charge in [-0.1, -0.05) is 17.7 Å². The first kappa shape index (κ1) is 14.2. The molecule has 1 heterocycles. The summed E-state index contributed by atoms with van der Waals surface area (Å²) < 4.78 is 40.1. The second-order valence-corrected chi connectivity index (χ2v) is 6.30. The van der Waals surface area contributed by atoms with Gasteiger partial charge in [-0.3, -0.25) is 4.79 Å². The smallest absolute Gasteiger partial charge is 0.243 e. The molecule has 2 rings (SSSR count). The van der Waals surface area contributed by atoms with Gasteiger partial charge in [0.15, 0.2) is 5.82 Å². The van der Waals surface area contributed by atoms with Gasteiger partial charge in [0.25, 0.3) is 0 Å². The van der Waals surface area contributed by atoms with Gasteiger partial charge in [0.05, 0.1) is 5.02 Å². The zero-order chi connectivity index (χ0) is 14.0. The number of piperidine rings is 1. The van der Waals surface area contributed by atoms with E-state index < -0.39 is 26.8 Å². The predicted octanol–water partition coefficient (Wildman–Crippen LogP) is 1.04. The number of sulfonamides is 1. The highest BCUT2D eigenvalue weighted by molar-refractivity contribution is 7.89. The molecule has 1 aromatic rings. The highest BCUT2D eigenvalue weighted by Crippen LogP contribution is 2.22. The lowest BCUT2D eigenvalue weighted by Crippen LogP contribution is -2.47. The molecule has 0 spiro atoms. The molecule has 1 atom stereocenters. The van der Waals surface area contributed by atoms with Crippen LogP contribution in [0.1, 0.15) is 12.8 Å². The third-order valence-corrected chi connectivity index (χ3v) is 4.62. The van der Waals surface area contributed by atoms with Gasteiger partial charge < -0.3 is 5.32 Å². The molecule has 2 N–H and O–H groups in total. The molecule has 0 saturated carbocycles. The van der Waals surface area contributed by atoms with Crippen LogP contribution in [0, 0.1) is 5.82 Å². The van der Waals surface area contributed by atoms with Gasteiger partial charge >= 0.3 is 0 Å². The molecule has 8 heteroatoms. The summed E-state index contributed by atoms with van der Waals surface area (Å²) in [5, 5.41) is 2.30. The van der Waals surface area contributed by atoms with Crippen molar-refractivity contribution in [3.63, 3.8) is 0 Å². The normalized spacial score (nSPS) is 20.1. The van der Waals surface area contributed by atoms with Crippen molar-refractivity contribution in [2.45, 2.75) is 23.8 Å². The molecule has 1 aliphatic heterocycles. The first-order chi connectivity index (χ1) is 8.90. The van der Waals surface area contributed by atoms with E-state index in [4.69, 9.17) is 11.6 Å². The molecule has 1 unspecified atom stereocenters. The Kier molecular flexibility index (Phi) is 4.07. The van der Waals surface area contributed by atoms with Crippen LogP contribution in [0.2, 0.25) is 5.02 Å². The fraction of sp³-hybridized carbons (Fsp3) is 0.364. The number of nitrogens with one attached hydrogen (secondary N) is 2. The van der Waals surface area contributed by atoms with E-state index in [1.54, 1.807) is 0 Å². The minimum absolute atomic E-state index is 0.121. The zero-order valence-electron chi connectivity index (χ0n) is 9.82. The molecule has 1 fully saturated rings. The summed E-state index contributed by atoms with van der Waals surface area (Å²) in [4.78, 5) is 10.5. The molecular weight excluding hydrogens is 295 g/mol. The van der Waals surface area contributed by atoms with Crippen LogP contribution in [-0.4, -0.2) is 26.9 Å². The van der Waals surface area contributed by atoms with E-state index in [1.807, 2.05) is 0 Å². The highest BCUT2D eigenvalue weighted by atomic mass is 35.5. The maximum atomic E-state index is 13.7. The van der Waals surface area contributed by atoms with E-state index in [9.17, 15) is 17.6 Å². The van der Waals surface area contributed by atoms with Crippen molar-refractivity contribution < 1.29 is 17.6 Å². The summed E-state index contributed by atoms with van der Waals surface area (Å²) in [5.74, 6) is -1.10. The maximum absolute atomic E-state index is 13.7. The number of halogens is 2. The standard InChI is InChI=1S/C11H12ClFN2O3S/c12-8-2-1-3-9(11(8)13)19(17,18)15-7-4-5-10(16)14-6-7/h1-3,7,15H,4-6H2,(H,14,16). The van der Waals surface area contributed by atoms with Crippen LogP contribution in [-0.2, 0) is 14.8 Å². The van der Waals surface area contributed by atoms with Gasteiger partial charge in [0, 0.05) is 19.0 Å². The first-order valence-electron chi connectivity index (χ1n) is 5.63. The second-order valence-electron chi connectivity index (χ2n) is 4.21. The molecule has 19 heavy (non-hydrogen) atoms. The molecule has 5 nitrogen and oxygen atoms in total. The van der Waals surface area contributed by atoms with Gasteiger partial charge in [-0.25, -0.2) is 17.5 Å². The molecular formula is C11H12ClFN2O3S. The van der Waals surface area contributed by atoms with Gasteiger partial charge in [0.1, 0.15) is 4.90 Å². The van der Waals surface area contributed by atoms with E-state index in [0.717, 1.165) is 6.07 Å². The Morgan fingerprint density at radius 2 is 2.16 bits per heavy atom. The Morgan fingerprint density at radius 3 is 2.79 bits per heavy atom. The summed E-state index contributed by atoms with van der Waals surface area (Å²) in [6, 6.07) is 3.34. The number of rotatable bonds is 3. The van der Waals surface area contributed by atoms with Crippen LogP contribution in [0.5, 0.6) is 0 Å². The van der Waals surface area contributed by atoms with Crippen LogP contribution in [0.4, 0.5) is 4.39 Å². The van der Waals surface area contributed by atoms with Crippen molar-refractivity contribution in [3.05, 3.63) is 29.0 Å². The van der Waals surface area contributed by atoms with Gasteiger partial charge in [-0.2, -0.15) is 0 Å². The van der Waals surface area contributed by atoms with Crippen LogP contribution in [0.3, 0.4) is 0 Å². The third-order valence-electron chi connectivity index (χ3n) is 2.79. The number of hydrogen-bond donors (Lipinski definition) is 2. The summed E-state index contributed by atoms with van der Waals surface area (Å²) in [6.45, 7) is 0.195. The molecule has 1 aliphatic rings. The Labute approximate surface area is 115 Å². The monoisotopic (exact) mass is 306 g/mol. The molecule has 0 aliphatic carbocycles. The predicted molar refractivity (Wildman–Crippen MR) is 67.8 cm³/mol. The number of carbonyl (C=O) groups is 1. The quantitative estimate of drug-likeness (QED) is 0.876. The summed E-state index contributed by atoms with van der Waals surface area (Å²) in [6.07, 6.45) is 0.623. The summed E-state index contributed by atoms with van der Waals surface area (Å²) in [7, 11) is -3.99. The Morgan fingerprint density at radius 1 is 1.42 bits per heavy atom. The molecule has 1 saturated heterocycles. The van der Waals surface area contributed by atoms with Crippen LogP contribution in [0.15, 0.2) is 23.1 Å². The van der Waals surface area contributed by atoms with Crippen LogP contribution < -0.4 is 10.0 Å². The van der Waals surface area contributed by atoms with Crippen molar-refractivity contribution >= 4 is 27.5 Å². The molecule has 0 aromatic heterocycles. The average molecular weight is 307 g/mol. The van der Waals surface area contributed by atoms with Crippen molar-refractivity contribution in [3.8, 4) is 0 Å². The van der Waals surface area contributed by atoms with E-state index in [0.29, 0.717) is 6.42 Å². The largest absolute Gasteiger partial charge is 0.355 e. The van der Waals surface area contributed by atoms with Crippen LogP contribution in [0.25, 0.3) is 0 Å². The molecule has 0 bridgehead atoms. The summed E-state index contributed by atoms with van der Waals surface area (Å²) >= 11 is 5.56. The fourth-order valence-electron chi connectivity index (χ4n) is 1.81. The highest BCUT2D eigenvalue weighted by Gasteiger charge is 2.26. The number of hydrogen-bond acceptors (Lipinski definition) is 3. The molecule has 1 aromatic carbocycles. The Bertz CT molecular complexity index is 596. The number of amides is 1. The minimum atomic E-state index is -3.99. The van der Waals surface area contributed by atoms with Gasteiger partial charge in [-0.15, -0.1) is 0 Å². The second kappa shape index (κ2) is 5.44. The van der Waals surface area contributed by atoms with Crippen molar-refractivity contribution in [2.75, 3.05) is 6.54 Å². The topological polar surface area (TPSA) is 75.3 Å². The van der Waals surface area contributed by atoms with Crippen LogP contribution >= 0.6 is 11.6 Å². The van der Waals surface area contributed by atoms with Gasteiger partial charge in [0.2, 0.25) is 15.9 Å². The lowest BCUT2D eigenvalue weighted by atomic mass is 10.1. The number of benzene rings is 1. The van der Waals surface area contributed by atoms with E-state index in [1.165, 1.54) is 12.1 Å².